The molecule has 1 aromatic rings. The second-order valence-electron chi connectivity index (χ2n) is 4.91. The lowest BCUT2D eigenvalue weighted by atomic mass is 9.96. The molecule has 0 spiro atoms. The molecule has 2 N–H and O–H groups in total. The van der Waals surface area contributed by atoms with Gasteiger partial charge in [0.25, 0.3) is 5.56 Å². The quantitative estimate of drug-likeness (QED) is 0.804. The third-order valence-corrected chi connectivity index (χ3v) is 2.63. The van der Waals surface area contributed by atoms with E-state index in [0.717, 1.165) is 5.69 Å². The zero-order valence-electron chi connectivity index (χ0n) is 10.2. The molecule has 0 aliphatic heterocycles. The maximum absolute atomic E-state index is 12.0. The predicted octanol–water partition coefficient (Wildman–Crippen LogP) is 1.70. The van der Waals surface area contributed by atoms with Crippen LogP contribution < -0.4 is 11.3 Å². The molecule has 1 heterocycles. The molecule has 0 radical (unpaired) electrons. The second kappa shape index (κ2) is 3.81. The highest BCUT2D eigenvalue weighted by Gasteiger charge is 2.19. The lowest BCUT2D eigenvalue weighted by Gasteiger charge is -2.21. The van der Waals surface area contributed by atoms with Gasteiger partial charge in [-0.05, 0) is 31.9 Å². The van der Waals surface area contributed by atoms with E-state index < -0.39 is 5.54 Å². The van der Waals surface area contributed by atoms with Gasteiger partial charge in [-0.15, -0.1) is 0 Å². The zero-order valence-corrected chi connectivity index (χ0v) is 10.2. The largest absolute Gasteiger partial charge is 0.322 e. The van der Waals surface area contributed by atoms with Gasteiger partial charge in [0.05, 0.1) is 0 Å². The number of rotatable bonds is 2. The van der Waals surface area contributed by atoms with Crippen molar-refractivity contribution in [2.24, 2.45) is 12.8 Å². The van der Waals surface area contributed by atoms with Gasteiger partial charge in [-0.3, -0.25) is 4.79 Å². The van der Waals surface area contributed by atoms with E-state index in [1.54, 1.807) is 11.6 Å². The van der Waals surface area contributed by atoms with Crippen LogP contribution in [-0.4, -0.2) is 4.57 Å². The van der Waals surface area contributed by atoms with Crippen LogP contribution in [0.4, 0.5) is 0 Å². The molecule has 84 valence electrons. The highest BCUT2D eigenvalue weighted by molar-refractivity contribution is 5.23. The van der Waals surface area contributed by atoms with E-state index in [9.17, 15) is 4.79 Å². The van der Waals surface area contributed by atoms with E-state index in [2.05, 4.69) is 13.8 Å². The summed E-state index contributed by atoms with van der Waals surface area (Å²) in [6.45, 7) is 7.83. The number of nitrogens with two attached hydrogens (primary N) is 1. The molecule has 0 aliphatic rings. The van der Waals surface area contributed by atoms with Gasteiger partial charge in [0.15, 0.2) is 0 Å². The van der Waals surface area contributed by atoms with Crippen LogP contribution in [0.3, 0.4) is 0 Å². The first-order chi connectivity index (χ1) is 6.75. The Hall–Kier alpha value is -1.09. The molecule has 1 aromatic heterocycles. The Morgan fingerprint density at radius 3 is 2.27 bits per heavy atom. The van der Waals surface area contributed by atoms with Crippen molar-refractivity contribution in [3.63, 3.8) is 0 Å². The molecule has 0 unspecified atom stereocenters. The van der Waals surface area contributed by atoms with Crippen LogP contribution in [0.5, 0.6) is 0 Å². The summed E-state index contributed by atoms with van der Waals surface area (Å²) < 4.78 is 1.69. The number of aromatic nitrogens is 1. The van der Waals surface area contributed by atoms with Crippen molar-refractivity contribution in [1.29, 1.82) is 0 Å². The Morgan fingerprint density at radius 1 is 1.33 bits per heavy atom. The Balaban J connectivity index is 3.42. The highest BCUT2D eigenvalue weighted by atomic mass is 16.1. The molecule has 0 saturated heterocycles. The lowest BCUT2D eigenvalue weighted by Crippen LogP contribution is -2.38. The van der Waals surface area contributed by atoms with Gasteiger partial charge in [0.1, 0.15) is 0 Å². The fraction of sp³-hybridized carbons (Fsp3) is 0.583. The lowest BCUT2D eigenvalue weighted by molar-refractivity contribution is 0.535. The topological polar surface area (TPSA) is 48.0 Å². The van der Waals surface area contributed by atoms with Gasteiger partial charge >= 0.3 is 0 Å². The number of nitrogens with zero attached hydrogens (tertiary/aromatic N) is 1. The molecule has 3 nitrogen and oxygen atoms in total. The van der Waals surface area contributed by atoms with Crippen molar-refractivity contribution in [3.05, 3.63) is 33.7 Å². The summed E-state index contributed by atoms with van der Waals surface area (Å²) in [5, 5.41) is 0. The summed E-state index contributed by atoms with van der Waals surface area (Å²) >= 11 is 0. The van der Waals surface area contributed by atoms with Gasteiger partial charge in [-0.1, -0.05) is 13.8 Å². The highest BCUT2D eigenvalue weighted by Crippen LogP contribution is 2.16. The minimum atomic E-state index is -0.579. The maximum atomic E-state index is 12.0. The van der Waals surface area contributed by atoms with Crippen molar-refractivity contribution in [2.45, 2.75) is 39.2 Å². The molecular formula is C12H20N2O. The summed E-state index contributed by atoms with van der Waals surface area (Å²) in [7, 11) is 1.80. The smallest absolute Gasteiger partial charge is 0.255 e. The third kappa shape index (κ3) is 2.29. The van der Waals surface area contributed by atoms with E-state index in [4.69, 9.17) is 5.73 Å². The van der Waals surface area contributed by atoms with Crippen molar-refractivity contribution in [1.82, 2.24) is 4.57 Å². The third-order valence-electron chi connectivity index (χ3n) is 2.63. The van der Waals surface area contributed by atoms with E-state index in [0.29, 0.717) is 11.5 Å². The van der Waals surface area contributed by atoms with E-state index in [1.165, 1.54) is 0 Å². The molecule has 0 aromatic carbocycles. The van der Waals surface area contributed by atoms with Crippen LogP contribution in [0.15, 0.2) is 16.9 Å². The minimum absolute atomic E-state index is 0.00806. The number of hydrogen-bond acceptors (Lipinski definition) is 2. The monoisotopic (exact) mass is 208 g/mol. The summed E-state index contributed by atoms with van der Waals surface area (Å²) in [5.74, 6) is 0.345. The van der Waals surface area contributed by atoms with Gasteiger partial charge in [-0.2, -0.15) is 0 Å². The summed E-state index contributed by atoms with van der Waals surface area (Å²) in [6, 6.07) is 3.83. The van der Waals surface area contributed by atoms with Crippen LogP contribution >= 0.6 is 0 Å². The van der Waals surface area contributed by atoms with E-state index in [1.807, 2.05) is 26.0 Å². The molecule has 3 heteroatoms. The first-order valence-electron chi connectivity index (χ1n) is 5.24. The summed E-state index contributed by atoms with van der Waals surface area (Å²) in [4.78, 5) is 12.0. The summed E-state index contributed by atoms with van der Waals surface area (Å²) in [5.41, 5.74) is 7.07. The van der Waals surface area contributed by atoms with Crippen LogP contribution in [0, 0.1) is 0 Å². The Bertz CT molecular complexity index is 411. The fourth-order valence-electron chi connectivity index (χ4n) is 1.72. The minimum Gasteiger partial charge on any atom is -0.322 e. The van der Waals surface area contributed by atoms with E-state index >= 15 is 0 Å². The number of hydrogen-bond donors (Lipinski definition) is 1. The van der Waals surface area contributed by atoms with Gasteiger partial charge in [0.2, 0.25) is 0 Å². The van der Waals surface area contributed by atoms with Crippen LogP contribution in [-0.2, 0) is 12.6 Å². The van der Waals surface area contributed by atoms with Crippen molar-refractivity contribution >= 4 is 0 Å². The van der Waals surface area contributed by atoms with Crippen LogP contribution in [0.25, 0.3) is 0 Å². The Kier molecular flexibility index (Phi) is 3.05. The van der Waals surface area contributed by atoms with Crippen LogP contribution in [0.2, 0.25) is 0 Å². The molecule has 0 saturated carbocycles. The molecule has 0 bridgehead atoms. The first kappa shape index (κ1) is 12.0. The van der Waals surface area contributed by atoms with Gasteiger partial charge in [0, 0.05) is 23.8 Å². The average Bonchev–Trinajstić information content (AvgIpc) is 2.06. The molecule has 15 heavy (non-hydrogen) atoms. The second-order valence-corrected chi connectivity index (χ2v) is 4.91. The average molecular weight is 208 g/mol. The Labute approximate surface area is 90.9 Å². The van der Waals surface area contributed by atoms with Gasteiger partial charge in [-0.25, -0.2) is 0 Å². The maximum Gasteiger partial charge on any atom is 0.255 e. The first-order valence-corrected chi connectivity index (χ1v) is 5.24. The van der Waals surface area contributed by atoms with Crippen molar-refractivity contribution < 1.29 is 0 Å². The zero-order chi connectivity index (χ0) is 11.8. The Morgan fingerprint density at radius 2 is 1.87 bits per heavy atom. The van der Waals surface area contributed by atoms with Gasteiger partial charge < -0.3 is 10.3 Å². The van der Waals surface area contributed by atoms with Crippen molar-refractivity contribution in [3.8, 4) is 0 Å². The molecule has 0 fully saturated rings. The van der Waals surface area contributed by atoms with Crippen molar-refractivity contribution in [2.75, 3.05) is 0 Å². The summed E-state index contributed by atoms with van der Waals surface area (Å²) in [6.07, 6.45) is 0. The molecule has 0 aliphatic carbocycles. The SMILES string of the molecule is CC(C)c1ccc(C(C)(C)N)c(=O)n1C. The normalized spacial score (nSPS) is 12.2. The predicted molar refractivity (Wildman–Crippen MR) is 63.0 cm³/mol. The molecule has 1 rings (SSSR count). The molecular weight excluding hydrogens is 188 g/mol. The number of pyridine rings is 1. The standard InChI is InChI=1S/C12H20N2O/c1-8(2)10-7-6-9(12(3,4)13)11(15)14(10)5/h6-8H,13H2,1-5H3. The van der Waals surface area contributed by atoms with Crippen LogP contribution in [0.1, 0.15) is 44.9 Å². The molecule has 0 atom stereocenters. The fourth-order valence-corrected chi connectivity index (χ4v) is 1.72. The van der Waals surface area contributed by atoms with E-state index in [-0.39, 0.29) is 5.56 Å². The molecule has 0 amide bonds.